The number of nitrogens with zero attached hydrogens (tertiary/aromatic N) is 2. The lowest BCUT2D eigenvalue weighted by Crippen LogP contribution is -2.47. The maximum absolute atomic E-state index is 13.4. The summed E-state index contributed by atoms with van der Waals surface area (Å²) >= 11 is 6.30. The number of benzene rings is 2. The molecule has 29 heavy (non-hydrogen) atoms. The van der Waals surface area contributed by atoms with Gasteiger partial charge in [0.1, 0.15) is 5.75 Å². The van der Waals surface area contributed by atoms with E-state index in [4.69, 9.17) is 21.1 Å². The number of hydrogen-bond donors (Lipinski definition) is 0. The standard InChI is InChI=1S/C21H19ClN2O5/c1-28-21(27)18-12-24(15-5-2-3-6-17(15)29-18)20(26)13-8-9-14(22)16(11-13)23-10-4-7-19(23)25/h2-3,5-6,8-9,11,18H,4,7,10,12H2,1H3. The smallest absolute Gasteiger partial charge is 0.348 e. The van der Waals surface area contributed by atoms with Crippen LogP contribution in [0, 0.1) is 0 Å². The summed E-state index contributed by atoms with van der Waals surface area (Å²) in [5.41, 5.74) is 1.45. The summed E-state index contributed by atoms with van der Waals surface area (Å²) in [4.78, 5) is 40.6. The molecule has 2 aromatic carbocycles. The third-order valence-electron chi connectivity index (χ3n) is 5.04. The van der Waals surface area contributed by atoms with Gasteiger partial charge in [0.15, 0.2) is 0 Å². The maximum atomic E-state index is 13.4. The molecule has 2 heterocycles. The molecule has 2 aromatic rings. The molecule has 2 aliphatic rings. The summed E-state index contributed by atoms with van der Waals surface area (Å²) in [6.45, 7) is 0.587. The van der Waals surface area contributed by atoms with Gasteiger partial charge in [0.05, 0.1) is 30.1 Å². The van der Waals surface area contributed by atoms with Crippen LogP contribution < -0.4 is 14.5 Å². The van der Waals surface area contributed by atoms with Crippen LogP contribution in [-0.2, 0) is 14.3 Å². The van der Waals surface area contributed by atoms with E-state index < -0.39 is 12.1 Å². The van der Waals surface area contributed by atoms with E-state index in [-0.39, 0.29) is 18.4 Å². The number of ether oxygens (including phenoxy) is 2. The third kappa shape index (κ3) is 3.53. The Bertz CT molecular complexity index is 993. The van der Waals surface area contributed by atoms with Crippen molar-refractivity contribution in [2.24, 2.45) is 0 Å². The van der Waals surface area contributed by atoms with Crippen molar-refractivity contribution in [3.05, 3.63) is 53.1 Å². The van der Waals surface area contributed by atoms with Crippen molar-refractivity contribution in [1.82, 2.24) is 0 Å². The van der Waals surface area contributed by atoms with Gasteiger partial charge < -0.3 is 19.3 Å². The molecule has 0 N–H and O–H groups in total. The highest BCUT2D eigenvalue weighted by Crippen LogP contribution is 2.36. The van der Waals surface area contributed by atoms with Crippen molar-refractivity contribution in [1.29, 1.82) is 0 Å². The number of methoxy groups -OCH3 is 1. The quantitative estimate of drug-likeness (QED) is 0.721. The van der Waals surface area contributed by atoms with E-state index in [1.165, 1.54) is 12.0 Å². The zero-order chi connectivity index (χ0) is 20.5. The first-order valence-electron chi connectivity index (χ1n) is 9.25. The average Bonchev–Trinajstić information content (AvgIpc) is 3.17. The molecule has 0 aromatic heterocycles. The number of carbonyl (C=O) groups is 3. The zero-order valence-corrected chi connectivity index (χ0v) is 16.5. The topological polar surface area (TPSA) is 76.2 Å². The summed E-state index contributed by atoms with van der Waals surface area (Å²) in [5, 5.41) is 0.409. The SMILES string of the molecule is COC(=O)C1CN(C(=O)c2ccc(Cl)c(N3CCCC3=O)c2)c2ccccc2O1. The highest BCUT2D eigenvalue weighted by molar-refractivity contribution is 6.34. The number of halogens is 1. The summed E-state index contributed by atoms with van der Waals surface area (Å²) < 4.78 is 10.5. The number of hydrogen-bond acceptors (Lipinski definition) is 5. The predicted molar refractivity (Wildman–Crippen MR) is 108 cm³/mol. The van der Waals surface area contributed by atoms with Gasteiger partial charge in [-0.25, -0.2) is 4.79 Å². The zero-order valence-electron chi connectivity index (χ0n) is 15.8. The molecule has 1 atom stereocenters. The van der Waals surface area contributed by atoms with Gasteiger partial charge in [0, 0.05) is 18.5 Å². The van der Waals surface area contributed by atoms with Gasteiger partial charge >= 0.3 is 5.97 Å². The lowest BCUT2D eigenvalue weighted by atomic mass is 10.1. The van der Waals surface area contributed by atoms with Gasteiger partial charge in [-0.1, -0.05) is 23.7 Å². The van der Waals surface area contributed by atoms with Crippen LogP contribution in [0.15, 0.2) is 42.5 Å². The molecule has 2 aliphatic heterocycles. The number of carbonyl (C=O) groups excluding carboxylic acids is 3. The second kappa shape index (κ2) is 7.75. The molecule has 1 unspecified atom stereocenters. The number of rotatable bonds is 3. The lowest BCUT2D eigenvalue weighted by molar-refractivity contribution is -0.148. The Labute approximate surface area is 172 Å². The predicted octanol–water partition coefficient (Wildman–Crippen LogP) is 3.05. The molecule has 0 aliphatic carbocycles. The van der Waals surface area contributed by atoms with Crippen molar-refractivity contribution in [2.75, 3.05) is 30.0 Å². The number of esters is 1. The molecule has 0 spiro atoms. The molecular weight excluding hydrogens is 396 g/mol. The Hall–Kier alpha value is -3.06. The van der Waals surface area contributed by atoms with Gasteiger partial charge in [0.2, 0.25) is 12.0 Å². The number of amides is 2. The minimum absolute atomic E-state index is 0.0148. The van der Waals surface area contributed by atoms with E-state index in [0.717, 1.165) is 6.42 Å². The lowest BCUT2D eigenvalue weighted by Gasteiger charge is -2.33. The minimum atomic E-state index is -0.925. The first-order valence-corrected chi connectivity index (χ1v) is 9.62. The molecular formula is C21H19ClN2O5. The van der Waals surface area contributed by atoms with Gasteiger partial charge in [-0.2, -0.15) is 0 Å². The van der Waals surface area contributed by atoms with Crippen LogP contribution in [0.2, 0.25) is 5.02 Å². The molecule has 0 radical (unpaired) electrons. The second-order valence-electron chi connectivity index (χ2n) is 6.83. The maximum Gasteiger partial charge on any atom is 0.348 e. The van der Waals surface area contributed by atoms with Gasteiger partial charge in [0.25, 0.3) is 5.91 Å². The van der Waals surface area contributed by atoms with Crippen LogP contribution in [-0.4, -0.2) is 44.1 Å². The summed E-state index contributed by atoms with van der Waals surface area (Å²) in [5.74, 6) is -0.471. The molecule has 150 valence electrons. The molecule has 8 heteroatoms. The van der Waals surface area contributed by atoms with Crippen molar-refractivity contribution < 1.29 is 23.9 Å². The highest BCUT2D eigenvalue weighted by Gasteiger charge is 2.35. The Kier molecular flexibility index (Phi) is 5.15. The van der Waals surface area contributed by atoms with Gasteiger partial charge in [-0.15, -0.1) is 0 Å². The van der Waals surface area contributed by atoms with E-state index in [1.807, 2.05) is 0 Å². The third-order valence-corrected chi connectivity index (χ3v) is 5.36. The summed E-state index contributed by atoms with van der Waals surface area (Å²) in [6, 6.07) is 11.8. The largest absolute Gasteiger partial charge is 0.475 e. The molecule has 2 amide bonds. The van der Waals surface area contributed by atoms with E-state index in [0.29, 0.717) is 40.7 Å². The first kappa shape index (κ1) is 19.3. The van der Waals surface area contributed by atoms with Crippen LogP contribution in [0.4, 0.5) is 11.4 Å². The highest BCUT2D eigenvalue weighted by atomic mass is 35.5. The first-order chi connectivity index (χ1) is 14.0. The van der Waals surface area contributed by atoms with Crippen LogP contribution in [0.25, 0.3) is 0 Å². The average molecular weight is 415 g/mol. The van der Waals surface area contributed by atoms with Gasteiger partial charge in [-0.05, 0) is 36.8 Å². The van der Waals surface area contributed by atoms with E-state index in [9.17, 15) is 14.4 Å². The molecule has 4 rings (SSSR count). The number of anilines is 2. The second-order valence-corrected chi connectivity index (χ2v) is 7.24. The fourth-order valence-electron chi connectivity index (χ4n) is 3.59. The fraction of sp³-hybridized carbons (Fsp3) is 0.286. The molecule has 0 saturated carbocycles. The summed E-state index contributed by atoms with van der Waals surface area (Å²) in [7, 11) is 1.27. The van der Waals surface area contributed by atoms with Crippen molar-refractivity contribution >= 4 is 40.8 Å². The molecule has 7 nitrogen and oxygen atoms in total. The van der Waals surface area contributed by atoms with Crippen molar-refractivity contribution in [3.63, 3.8) is 0 Å². The Morgan fingerprint density at radius 2 is 1.97 bits per heavy atom. The van der Waals surface area contributed by atoms with Crippen LogP contribution >= 0.6 is 11.6 Å². The van der Waals surface area contributed by atoms with Crippen molar-refractivity contribution in [3.8, 4) is 5.75 Å². The number of para-hydroxylation sites is 2. The van der Waals surface area contributed by atoms with Gasteiger partial charge in [-0.3, -0.25) is 9.59 Å². The summed E-state index contributed by atoms with van der Waals surface area (Å²) in [6.07, 6.45) is 0.294. The van der Waals surface area contributed by atoms with E-state index >= 15 is 0 Å². The Balaban J connectivity index is 1.70. The Morgan fingerprint density at radius 1 is 1.17 bits per heavy atom. The molecule has 1 saturated heterocycles. The fourth-order valence-corrected chi connectivity index (χ4v) is 3.81. The molecule has 0 bridgehead atoms. The monoisotopic (exact) mass is 414 g/mol. The van der Waals surface area contributed by atoms with Crippen LogP contribution in [0.1, 0.15) is 23.2 Å². The van der Waals surface area contributed by atoms with E-state index in [1.54, 1.807) is 47.4 Å². The number of fused-ring (bicyclic) bond motifs is 1. The van der Waals surface area contributed by atoms with Crippen LogP contribution in [0.5, 0.6) is 5.75 Å². The van der Waals surface area contributed by atoms with E-state index in [2.05, 4.69) is 0 Å². The Morgan fingerprint density at radius 3 is 2.69 bits per heavy atom. The minimum Gasteiger partial charge on any atom is -0.475 e. The van der Waals surface area contributed by atoms with Crippen LogP contribution in [0.3, 0.4) is 0 Å². The molecule has 1 fully saturated rings. The normalized spacial score (nSPS) is 18.3. The van der Waals surface area contributed by atoms with Crippen molar-refractivity contribution in [2.45, 2.75) is 18.9 Å².